The van der Waals surface area contributed by atoms with E-state index >= 15 is 0 Å². The van der Waals surface area contributed by atoms with Crippen LogP contribution >= 0.6 is 0 Å². The maximum atomic E-state index is 3.62. The zero-order valence-electron chi connectivity index (χ0n) is 11.7. The molecule has 0 radical (unpaired) electrons. The Morgan fingerprint density at radius 2 is 2.28 bits per heavy atom. The molecule has 0 saturated carbocycles. The van der Waals surface area contributed by atoms with Gasteiger partial charge in [-0.05, 0) is 56.8 Å². The summed E-state index contributed by atoms with van der Waals surface area (Å²) >= 11 is 0. The highest BCUT2D eigenvalue weighted by Crippen LogP contribution is 2.16. The predicted octanol–water partition coefficient (Wildman–Crippen LogP) is 3.58. The lowest BCUT2D eigenvalue weighted by Gasteiger charge is -2.27. The Labute approximate surface area is 111 Å². The van der Waals surface area contributed by atoms with Crippen LogP contribution in [0.3, 0.4) is 0 Å². The number of benzene rings is 1. The smallest absolute Gasteiger partial charge is 0.0344 e. The molecule has 2 atom stereocenters. The van der Waals surface area contributed by atoms with Gasteiger partial charge < -0.3 is 10.6 Å². The molecule has 1 aromatic rings. The van der Waals surface area contributed by atoms with Gasteiger partial charge in [0, 0.05) is 17.8 Å². The van der Waals surface area contributed by atoms with Gasteiger partial charge in [-0.2, -0.15) is 0 Å². The lowest BCUT2D eigenvalue weighted by Crippen LogP contribution is -2.37. The molecule has 1 aliphatic heterocycles. The minimum Gasteiger partial charge on any atom is -0.383 e. The fraction of sp³-hybridized carbons (Fsp3) is 0.625. The average molecular weight is 246 g/mol. The quantitative estimate of drug-likeness (QED) is 0.830. The zero-order valence-corrected chi connectivity index (χ0v) is 11.7. The third-order valence-electron chi connectivity index (χ3n) is 3.80. The van der Waals surface area contributed by atoms with Crippen molar-refractivity contribution in [3.63, 3.8) is 0 Å². The summed E-state index contributed by atoms with van der Waals surface area (Å²) in [7, 11) is 0. The highest BCUT2D eigenvalue weighted by atomic mass is 15.0. The van der Waals surface area contributed by atoms with Crippen molar-refractivity contribution in [3.05, 3.63) is 29.8 Å². The summed E-state index contributed by atoms with van der Waals surface area (Å²) in [6, 6.07) is 10.0. The van der Waals surface area contributed by atoms with Crippen molar-refractivity contribution < 1.29 is 0 Å². The summed E-state index contributed by atoms with van der Waals surface area (Å²) in [5.74, 6) is 0. The Bertz CT molecular complexity index is 356. The first-order valence-corrected chi connectivity index (χ1v) is 7.37. The molecule has 0 aliphatic carbocycles. The van der Waals surface area contributed by atoms with Crippen LogP contribution in [0.25, 0.3) is 0 Å². The number of aryl methyl sites for hydroxylation is 1. The number of anilines is 1. The van der Waals surface area contributed by atoms with Crippen molar-refractivity contribution in [1.82, 2.24) is 5.32 Å². The standard InChI is InChI=1S/C16H26N2/c1-3-14-7-6-9-16(12-14)18-13(2)11-15-8-4-5-10-17-15/h6-7,9,12-13,15,17-18H,3-5,8,10-11H2,1-2H3. The van der Waals surface area contributed by atoms with E-state index in [0.29, 0.717) is 12.1 Å². The van der Waals surface area contributed by atoms with Crippen molar-refractivity contribution in [2.75, 3.05) is 11.9 Å². The predicted molar refractivity (Wildman–Crippen MR) is 79.2 cm³/mol. The van der Waals surface area contributed by atoms with Gasteiger partial charge in [0.15, 0.2) is 0 Å². The summed E-state index contributed by atoms with van der Waals surface area (Å²) in [5.41, 5.74) is 2.67. The topological polar surface area (TPSA) is 24.1 Å². The summed E-state index contributed by atoms with van der Waals surface area (Å²) in [5, 5.41) is 7.24. The molecule has 2 N–H and O–H groups in total. The normalized spacial score (nSPS) is 21.6. The van der Waals surface area contributed by atoms with Crippen molar-refractivity contribution >= 4 is 5.69 Å². The zero-order chi connectivity index (χ0) is 12.8. The molecule has 1 saturated heterocycles. The van der Waals surface area contributed by atoms with Gasteiger partial charge in [0.05, 0.1) is 0 Å². The maximum Gasteiger partial charge on any atom is 0.0344 e. The fourth-order valence-electron chi connectivity index (χ4n) is 2.78. The lowest BCUT2D eigenvalue weighted by atomic mass is 9.98. The van der Waals surface area contributed by atoms with E-state index in [1.807, 2.05) is 0 Å². The Kier molecular flexibility index (Phi) is 5.06. The highest BCUT2D eigenvalue weighted by Gasteiger charge is 2.15. The van der Waals surface area contributed by atoms with E-state index < -0.39 is 0 Å². The second-order valence-corrected chi connectivity index (χ2v) is 5.48. The monoisotopic (exact) mass is 246 g/mol. The van der Waals surface area contributed by atoms with Crippen LogP contribution < -0.4 is 10.6 Å². The molecule has 1 aromatic carbocycles. The molecule has 0 bridgehead atoms. The van der Waals surface area contributed by atoms with Crippen LogP contribution in [0.2, 0.25) is 0 Å². The molecule has 100 valence electrons. The number of hydrogen-bond donors (Lipinski definition) is 2. The second-order valence-electron chi connectivity index (χ2n) is 5.48. The highest BCUT2D eigenvalue weighted by molar-refractivity contribution is 5.46. The first kappa shape index (κ1) is 13.4. The Balaban J connectivity index is 1.83. The minimum absolute atomic E-state index is 0.535. The second kappa shape index (κ2) is 6.79. The van der Waals surface area contributed by atoms with Crippen LogP contribution in [-0.2, 0) is 6.42 Å². The average Bonchev–Trinajstić information content (AvgIpc) is 2.40. The van der Waals surface area contributed by atoms with Crippen LogP contribution in [-0.4, -0.2) is 18.6 Å². The van der Waals surface area contributed by atoms with Gasteiger partial charge in [0.1, 0.15) is 0 Å². The molecule has 1 aliphatic rings. The molecule has 2 nitrogen and oxygen atoms in total. The van der Waals surface area contributed by atoms with E-state index in [1.54, 1.807) is 0 Å². The van der Waals surface area contributed by atoms with Gasteiger partial charge in [-0.15, -0.1) is 0 Å². The summed E-state index contributed by atoms with van der Waals surface area (Å²) in [6.07, 6.45) is 6.39. The molecule has 1 fully saturated rings. The molecule has 2 heteroatoms. The summed E-state index contributed by atoms with van der Waals surface area (Å²) in [6.45, 7) is 5.69. The van der Waals surface area contributed by atoms with Gasteiger partial charge in [-0.1, -0.05) is 25.5 Å². The minimum atomic E-state index is 0.535. The van der Waals surface area contributed by atoms with Crippen molar-refractivity contribution in [3.8, 4) is 0 Å². The van der Waals surface area contributed by atoms with Crippen LogP contribution in [0.5, 0.6) is 0 Å². The number of nitrogens with one attached hydrogen (secondary N) is 2. The third kappa shape index (κ3) is 4.02. The van der Waals surface area contributed by atoms with E-state index in [9.17, 15) is 0 Å². The van der Waals surface area contributed by atoms with E-state index in [-0.39, 0.29) is 0 Å². The summed E-state index contributed by atoms with van der Waals surface area (Å²) < 4.78 is 0. The van der Waals surface area contributed by atoms with Crippen molar-refractivity contribution in [1.29, 1.82) is 0 Å². The molecular formula is C16H26N2. The molecule has 18 heavy (non-hydrogen) atoms. The van der Waals surface area contributed by atoms with E-state index in [0.717, 1.165) is 6.42 Å². The maximum absolute atomic E-state index is 3.62. The van der Waals surface area contributed by atoms with E-state index in [1.165, 1.54) is 43.5 Å². The molecule has 0 aromatic heterocycles. The van der Waals surface area contributed by atoms with Gasteiger partial charge in [0.2, 0.25) is 0 Å². The van der Waals surface area contributed by atoms with Gasteiger partial charge in [0.25, 0.3) is 0 Å². The fourth-order valence-corrected chi connectivity index (χ4v) is 2.78. The van der Waals surface area contributed by atoms with Crippen LogP contribution in [0.4, 0.5) is 5.69 Å². The Morgan fingerprint density at radius 3 is 3.00 bits per heavy atom. The largest absolute Gasteiger partial charge is 0.383 e. The van der Waals surface area contributed by atoms with Crippen molar-refractivity contribution in [2.45, 2.75) is 58.0 Å². The summed E-state index contributed by atoms with van der Waals surface area (Å²) in [4.78, 5) is 0. The van der Waals surface area contributed by atoms with Gasteiger partial charge in [-0.3, -0.25) is 0 Å². The molecule has 2 unspecified atom stereocenters. The molecule has 2 rings (SSSR count). The number of hydrogen-bond acceptors (Lipinski definition) is 2. The van der Waals surface area contributed by atoms with E-state index in [2.05, 4.69) is 48.7 Å². The van der Waals surface area contributed by atoms with Gasteiger partial charge >= 0.3 is 0 Å². The van der Waals surface area contributed by atoms with Crippen LogP contribution in [0.15, 0.2) is 24.3 Å². The number of piperidine rings is 1. The Morgan fingerprint density at radius 1 is 1.39 bits per heavy atom. The van der Waals surface area contributed by atoms with Crippen molar-refractivity contribution in [2.24, 2.45) is 0 Å². The third-order valence-corrected chi connectivity index (χ3v) is 3.80. The lowest BCUT2D eigenvalue weighted by molar-refractivity contribution is 0.371. The first-order chi connectivity index (χ1) is 8.78. The van der Waals surface area contributed by atoms with Crippen LogP contribution in [0, 0.1) is 0 Å². The van der Waals surface area contributed by atoms with E-state index in [4.69, 9.17) is 0 Å². The molecule has 0 spiro atoms. The SMILES string of the molecule is CCc1cccc(NC(C)CC2CCCCN2)c1. The molecular weight excluding hydrogens is 220 g/mol. The molecule has 0 amide bonds. The van der Waals surface area contributed by atoms with Crippen LogP contribution in [0.1, 0.15) is 45.1 Å². The Hall–Kier alpha value is -1.02. The van der Waals surface area contributed by atoms with Gasteiger partial charge in [-0.25, -0.2) is 0 Å². The first-order valence-electron chi connectivity index (χ1n) is 7.37. The number of rotatable bonds is 5. The molecule has 1 heterocycles.